The zero-order chi connectivity index (χ0) is 35.7. The predicted octanol–water partition coefficient (Wildman–Crippen LogP) is 9.58. The van der Waals surface area contributed by atoms with Crippen LogP contribution in [-0.2, 0) is 13.1 Å². The highest BCUT2D eigenvalue weighted by Gasteiger charge is 2.35. The number of hydrogen-bond donors (Lipinski definition) is 0. The minimum Gasteiger partial charge on any atom is -0.340 e. The number of carbonyl (C=O) groups is 4. The number of fused-ring (bicyclic) bond motifs is 8. The van der Waals surface area contributed by atoms with E-state index in [0.717, 1.165) is 78.5 Å². The lowest BCUT2D eigenvalue weighted by molar-refractivity contribution is 0.0636. The third kappa shape index (κ3) is 5.22. The molecule has 8 nitrogen and oxygen atoms in total. The molecular formula is C42H32Br2N4O4. The largest absolute Gasteiger partial charge is 0.340 e. The van der Waals surface area contributed by atoms with Crippen LogP contribution in [0.3, 0.4) is 0 Å². The summed E-state index contributed by atoms with van der Waals surface area (Å²) in [6, 6.07) is 31.4. The summed E-state index contributed by atoms with van der Waals surface area (Å²) >= 11 is 7.40. The lowest BCUT2D eigenvalue weighted by atomic mass is 10.1. The quantitative estimate of drug-likeness (QED) is 0.102. The van der Waals surface area contributed by atoms with Crippen molar-refractivity contribution in [2.75, 3.05) is 13.1 Å². The van der Waals surface area contributed by atoms with Gasteiger partial charge in [0.25, 0.3) is 23.6 Å². The van der Waals surface area contributed by atoms with Gasteiger partial charge in [-0.3, -0.25) is 29.0 Å². The number of halogens is 2. The molecule has 52 heavy (non-hydrogen) atoms. The van der Waals surface area contributed by atoms with E-state index in [2.05, 4.69) is 89.5 Å². The normalized spacial score (nSPS) is 14.3. The average Bonchev–Trinajstić information content (AvgIpc) is 3.79. The number of rotatable bonds is 10. The van der Waals surface area contributed by atoms with Crippen molar-refractivity contribution < 1.29 is 19.2 Å². The molecular weight excluding hydrogens is 784 g/mol. The van der Waals surface area contributed by atoms with Gasteiger partial charge in [0.15, 0.2) is 0 Å². The van der Waals surface area contributed by atoms with Crippen molar-refractivity contribution in [1.82, 2.24) is 18.9 Å². The van der Waals surface area contributed by atoms with E-state index in [1.165, 1.54) is 9.80 Å². The molecule has 7 aromatic rings. The van der Waals surface area contributed by atoms with Crippen LogP contribution in [-0.4, -0.2) is 55.7 Å². The van der Waals surface area contributed by atoms with Gasteiger partial charge in [-0.15, -0.1) is 0 Å². The highest BCUT2D eigenvalue weighted by atomic mass is 79.9. The Kier molecular flexibility index (Phi) is 8.12. The van der Waals surface area contributed by atoms with Gasteiger partial charge in [-0.25, -0.2) is 0 Å². The summed E-state index contributed by atoms with van der Waals surface area (Å²) in [5.41, 5.74) is 6.46. The van der Waals surface area contributed by atoms with Gasteiger partial charge in [-0.2, -0.15) is 0 Å². The Labute approximate surface area is 315 Å². The van der Waals surface area contributed by atoms with Crippen LogP contribution in [0, 0.1) is 0 Å². The molecule has 2 aromatic heterocycles. The molecule has 258 valence electrons. The summed E-state index contributed by atoms with van der Waals surface area (Å²) in [6.07, 6.45) is 2.97. The van der Waals surface area contributed by atoms with E-state index in [-0.39, 0.29) is 23.6 Å². The maximum Gasteiger partial charge on any atom is 0.261 e. The summed E-state index contributed by atoms with van der Waals surface area (Å²) in [6.45, 7) is 2.23. The van der Waals surface area contributed by atoms with Gasteiger partial charge in [0.2, 0.25) is 0 Å². The molecule has 0 saturated heterocycles. The molecule has 9 rings (SSSR count). The molecule has 4 heterocycles. The fourth-order valence-corrected chi connectivity index (χ4v) is 8.80. The molecule has 4 amide bonds. The lowest BCUT2D eigenvalue weighted by Gasteiger charge is -2.14. The summed E-state index contributed by atoms with van der Waals surface area (Å²) in [5.74, 6) is -0.849. The fraction of sp³-hybridized carbons (Fsp3) is 0.190. The Morgan fingerprint density at radius 1 is 0.385 bits per heavy atom. The molecule has 0 atom stereocenters. The molecule has 10 heteroatoms. The van der Waals surface area contributed by atoms with E-state index in [4.69, 9.17) is 0 Å². The molecule has 5 aromatic carbocycles. The smallest absolute Gasteiger partial charge is 0.261 e. The molecule has 0 aliphatic carbocycles. The van der Waals surface area contributed by atoms with E-state index in [0.29, 0.717) is 48.2 Å². The van der Waals surface area contributed by atoms with Crippen molar-refractivity contribution in [1.29, 1.82) is 0 Å². The zero-order valence-electron chi connectivity index (χ0n) is 28.1. The topological polar surface area (TPSA) is 84.6 Å². The molecule has 0 bridgehead atoms. The third-order valence-electron chi connectivity index (χ3n) is 10.6. The summed E-state index contributed by atoms with van der Waals surface area (Å²) in [7, 11) is 0. The Morgan fingerprint density at radius 3 is 1.08 bits per heavy atom. The second kappa shape index (κ2) is 12.9. The standard InChI is InChI=1S/C42H32Br2N4O4/c43-25-13-15-35-31(21-25)33-24-38-34(23-37(33)45(35)17-5-7-19-47-39(49)27-9-1-2-10-28(27)40(47)50)32-22-26(44)14-16-36(32)46(38)18-6-8-20-48-41(51)29-11-3-4-12-30(29)42(48)52/h1-4,9-16,21-24H,5-8,17-20H2. The maximum absolute atomic E-state index is 12.9. The van der Waals surface area contributed by atoms with E-state index in [1.807, 2.05) is 0 Å². The van der Waals surface area contributed by atoms with Gasteiger partial charge in [-0.05, 0) is 98.5 Å². The number of nitrogens with zero attached hydrogens (tertiary/aromatic N) is 4. The van der Waals surface area contributed by atoms with Crippen LogP contribution in [0.15, 0.2) is 106 Å². The predicted molar refractivity (Wildman–Crippen MR) is 210 cm³/mol. The molecule has 0 radical (unpaired) electrons. The molecule has 0 saturated carbocycles. The minimum absolute atomic E-state index is 0.212. The Hall–Kier alpha value is -5.06. The van der Waals surface area contributed by atoms with Gasteiger partial charge < -0.3 is 9.13 Å². The number of unbranched alkanes of at least 4 members (excludes halogenated alkanes) is 2. The Morgan fingerprint density at radius 2 is 0.712 bits per heavy atom. The first-order chi connectivity index (χ1) is 25.3. The van der Waals surface area contributed by atoms with Gasteiger partial charge in [0.1, 0.15) is 0 Å². The third-order valence-corrected chi connectivity index (χ3v) is 11.5. The van der Waals surface area contributed by atoms with Crippen LogP contribution < -0.4 is 0 Å². The number of imide groups is 2. The lowest BCUT2D eigenvalue weighted by Crippen LogP contribution is -2.30. The SMILES string of the molecule is O=C1c2ccccc2C(=O)N1CCCCn1c2ccc(Br)cc2c2cc3c(cc21)c1cc(Br)ccc1n3CCCCN1C(=O)c2ccccc2C1=O. The molecule has 0 fully saturated rings. The highest BCUT2D eigenvalue weighted by Crippen LogP contribution is 2.39. The van der Waals surface area contributed by atoms with Crippen molar-refractivity contribution in [3.63, 3.8) is 0 Å². The van der Waals surface area contributed by atoms with Crippen molar-refractivity contribution in [2.45, 2.75) is 38.8 Å². The number of carbonyl (C=O) groups excluding carboxylic acids is 4. The van der Waals surface area contributed by atoms with Crippen LogP contribution in [0.5, 0.6) is 0 Å². The zero-order valence-corrected chi connectivity index (χ0v) is 31.2. The monoisotopic (exact) mass is 814 g/mol. The maximum atomic E-state index is 12.9. The molecule has 0 spiro atoms. The molecule has 2 aliphatic rings. The van der Waals surface area contributed by atoms with Crippen LogP contribution in [0.25, 0.3) is 43.6 Å². The highest BCUT2D eigenvalue weighted by molar-refractivity contribution is 9.10. The molecule has 0 unspecified atom stereocenters. The van der Waals surface area contributed by atoms with Crippen LogP contribution in [0.1, 0.15) is 67.1 Å². The first-order valence-electron chi connectivity index (χ1n) is 17.5. The Bertz CT molecular complexity index is 2420. The second-order valence-electron chi connectivity index (χ2n) is 13.5. The van der Waals surface area contributed by atoms with E-state index in [1.54, 1.807) is 48.5 Å². The van der Waals surface area contributed by atoms with Gasteiger partial charge in [-0.1, -0.05) is 56.1 Å². The van der Waals surface area contributed by atoms with E-state index in [9.17, 15) is 19.2 Å². The van der Waals surface area contributed by atoms with Crippen LogP contribution >= 0.6 is 31.9 Å². The van der Waals surface area contributed by atoms with Crippen LogP contribution in [0.4, 0.5) is 0 Å². The fourth-order valence-electron chi connectivity index (χ4n) is 8.08. The van der Waals surface area contributed by atoms with Crippen molar-refractivity contribution in [2.24, 2.45) is 0 Å². The van der Waals surface area contributed by atoms with Crippen molar-refractivity contribution in [3.05, 3.63) is 128 Å². The molecule has 0 N–H and O–H groups in total. The number of aromatic nitrogens is 2. The van der Waals surface area contributed by atoms with Crippen LogP contribution in [0.2, 0.25) is 0 Å². The second-order valence-corrected chi connectivity index (χ2v) is 15.4. The number of benzene rings is 5. The summed E-state index contributed by atoms with van der Waals surface area (Å²) in [4.78, 5) is 54.5. The summed E-state index contributed by atoms with van der Waals surface area (Å²) in [5, 5.41) is 4.60. The van der Waals surface area contributed by atoms with Crippen molar-refractivity contribution in [3.8, 4) is 0 Å². The first kappa shape index (κ1) is 32.8. The Balaban J connectivity index is 1.01. The molecule has 2 aliphatic heterocycles. The number of hydrogen-bond acceptors (Lipinski definition) is 4. The van der Waals surface area contributed by atoms with Gasteiger partial charge in [0.05, 0.1) is 22.3 Å². The first-order valence-corrected chi connectivity index (χ1v) is 19.1. The van der Waals surface area contributed by atoms with Gasteiger partial charge in [0, 0.05) is 78.7 Å². The average molecular weight is 817 g/mol. The summed E-state index contributed by atoms with van der Waals surface area (Å²) < 4.78 is 6.73. The van der Waals surface area contributed by atoms with Crippen molar-refractivity contribution >= 4 is 99.1 Å². The van der Waals surface area contributed by atoms with E-state index < -0.39 is 0 Å². The number of amides is 4. The van der Waals surface area contributed by atoms with Gasteiger partial charge >= 0.3 is 0 Å². The number of aryl methyl sites for hydroxylation is 2. The minimum atomic E-state index is -0.212. The van der Waals surface area contributed by atoms with E-state index >= 15 is 0 Å².